The molecule has 0 bridgehead atoms. The summed E-state index contributed by atoms with van der Waals surface area (Å²) in [6.45, 7) is 1.01. The quantitative estimate of drug-likeness (QED) is 0.526. The molecule has 0 radical (unpaired) electrons. The molecule has 0 saturated heterocycles. The summed E-state index contributed by atoms with van der Waals surface area (Å²) in [6, 6.07) is 18.5. The Morgan fingerprint density at radius 1 is 0.750 bits per heavy atom. The summed E-state index contributed by atoms with van der Waals surface area (Å²) in [6.07, 6.45) is 0. The van der Waals surface area contributed by atoms with E-state index in [0.717, 1.165) is 16.9 Å². The van der Waals surface area contributed by atoms with E-state index in [1.807, 2.05) is 42.5 Å². The van der Waals surface area contributed by atoms with E-state index in [2.05, 4.69) is 0 Å². The zero-order valence-electron chi connectivity index (χ0n) is 18.3. The first-order valence-electron chi connectivity index (χ1n) is 10.1. The predicted octanol–water partition coefficient (Wildman–Crippen LogP) is 4.28. The maximum absolute atomic E-state index is 13.6. The molecule has 0 unspecified atom stereocenters. The van der Waals surface area contributed by atoms with Gasteiger partial charge in [-0.1, -0.05) is 18.2 Å². The van der Waals surface area contributed by atoms with Crippen LogP contribution in [0.25, 0.3) is 0 Å². The fourth-order valence-electron chi connectivity index (χ4n) is 3.52. The number of fused-ring (bicyclic) bond motifs is 1. The molecule has 166 valence electrons. The van der Waals surface area contributed by atoms with Crippen molar-refractivity contribution >= 4 is 5.91 Å². The number of benzene rings is 3. The first-order chi connectivity index (χ1) is 15.6. The van der Waals surface area contributed by atoms with Gasteiger partial charge in [0.05, 0.1) is 21.3 Å². The Morgan fingerprint density at radius 3 is 2.00 bits per heavy atom. The monoisotopic (exact) mass is 435 g/mol. The number of carbonyl (C=O) groups is 1. The number of hydrogen-bond donors (Lipinski definition) is 0. The summed E-state index contributed by atoms with van der Waals surface area (Å²) >= 11 is 0. The standard InChI is InChI=1S/C25H25NO6/c1-28-20-7-4-17(5-8-20)14-26(15-18-6-9-23-24(10-18)32-16-31-23)25(27)19-11-21(29-2)13-22(12-19)30-3/h4-13H,14-16H2,1-3H3. The number of amides is 1. The van der Waals surface area contributed by atoms with E-state index < -0.39 is 0 Å². The highest BCUT2D eigenvalue weighted by Crippen LogP contribution is 2.33. The number of nitrogens with zero attached hydrogens (tertiary/aromatic N) is 1. The van der Waals surface area contributed by atoms with E-state index in [1.165, 1.54) is 0 Å². The third-order valence-corrected chi connectivity index (χ3v) is 5.23. The Bertz CT molecular complexity index is 1070. The third kappa shape index (κ3) is 4.72. The Hall–Kier alpha value is -3.87. The number of ether oxygens (including phenoxy) is 5. The van der Waals surface area contributed by atoms with Crippen LogP contribution in [-0.4, -0.2) is 38.9 Å². The summed E-state index contributed by atoms with van der Waals surface area (Å²) in [5.41, 5.74) is 2.40. The molecule has 7 nitrogen and oxygen atoms in total. The maximum atomic E-state index is 13.6. The van der Waals surface area contributed by atoms with E-state index >= 15 is 0 Å². The fourth-order valence-corrected chi connectivity index (χ4v) is 3.52. The van der Waals surface area contributed by atoms with Gasteiger partial charge < -0.3 is 28.6 Å². The Morgan fingerprint density at radius 2 is 1.34 bits per heavy atom. The smallest absolute Gasteiger partial charge is 0.254 e. The average Bonchev–Trinajstić information content (AvgIpc) is 3.31. The number of methoxy groups -OCH3 is 3. The zero-order chi connectivity index (χ0) is 22.5. The van der Waals surface area contributed by atoms with Gasteiger partial charge in [0.15, 0.2) is 11.5 Å². The van der Waals surface area contributed by atoms with E-state index in [0.29, 0.717) is 41.7 Å². The second kappa shape index (κ2) is 9.51. The topological polar surface area (TPSA) is 66.5 Å². The lowest BCUT2D eigenvalue weighted by Gasteiger charge is -2.24. The number of carbonyl (C=O) groups excluding carboxylic acids is 1. The molecule has 3 aromatic rings. The van der Waals surface area contributed by atoms with Crippen molar-refractivity contribution in [3.8, 4) is 28.7 Å². The molecule has 0 N–H and O–H groups in total. The molecule has 0 aromatic heterocycles. The van der Waals surface area contributed by atoms with Gasteiger partial charge in [0.1, 0.15) is 17.2 Å². The van der Waals surface area contributed by atoms with Crippen LogP contribution in [0.4, 0.5) is 0 Å². The Balaban J connectivity index is 1.65. The van der Waals surface area contributed by atoms with Crippen molar-refractivity contribution in [3.63, 3.8) is 0 Å². The van der Waals surface area contributed by atoms with Gasteiger partial charge in [-0.05, 0) is 47.5 Å². The summed E-state index contributed by atoms with van der Waals surface area (Å²) in [5.74, 6) is 3.12. The van der Waals surface area contributed by atoms with Crippen LogP contribution in [0.1, 0.15) is 21.5 Å². The van der Waals surface area contributed by atoms with Gasteiger partial charge in [-0.15, -0.1) is 0 Å². The van der Waals surface area contributed by atoms with Crippen LogP contribution in [0, 0.1) is 0 Å². The maximum Gasteiger partial charge on any atom is 0.254 e. The molecule has 32 heavy (non-hydrogen) atoms. The van der Waals surface area contributed by atoms with Gasteiger partial charge in [-0.2, -0.15) is 0 Å². The molecule has 3 aromatic carbocycles. The first kappa shape index (κ1) is 21.4. The van der Waals surface area contributed by atoms with E-state index in [-0.39, 0.29) is 12.7 Å². The molecular weight excluding hydrogens is 410 g/mol. The van der Waals surface area contributed by atoms with Crippen molar-refractivity contribution in [3.05, 3.63) is 77.4 Å². The van der Waals surface area contributed by atoms with Crippen LogP contribution in [0.15, 0.2) is 60.7 Å². The molecule has 0 aliphatic carbocycles. The van der Waals surface area contributed by atoms with Crippen LogP contribution in [0.2, 0.25) is 0 Å². The SMILES string of the molecule is COc1ccc(CN(Cc2ccc3c(c2)OCO3)C(=O)c2cc(OC)cc(OC)c2)cc1. The molecule has 1 aliphatic rings. The van der Waals surface area contributed by atoms with Gasteiger partial charge in [-0.3, -0.25) is 4.79 Å². The molecular formula is C25H25NO6. The van der Waals surface area contributed by atoms with Crippen molar-refractivity contribution in [1.82, 2.24) is 4.90 Å². The van der Waals surface area contributed by atoms with Gasteiger partial charge in [0.25, 0.3) is 5.91 Å². The molecule has 0 fully saturated rings. The van der Waals surface area contributed by atoms with Gasteiger partial charge in [-0.25, -0.2) is 0 Å². The van der Waals surface area contributed by atoms with Gasteiger partial charge in [0, 0.05) is 24.7 Å². The number of rotatable bonds is 8. The lowest BCUT2D eigenvalue weighted by atomic mass is 10.1. The highest BCUT2D eigenvalue weighted by molar-refractivity contribution is 5.95. The fraction of sp³-hybridized carbons (Fsp3) is 0.240. The minimum absolute atomic E-state index is 0.143. The molecule has 7 heteroatoms. The molecule has 4 rings (SSSR count). The van der Waals surface area contributed by atoms with Crippen LogP contribution in [0.3, 0.4) is 0 Å². The average molecular weight is 435 g/mol. The molecule has 0 spiro atoms. The normalized spacial score (nSPS) is 11.7. The summed E-state index contributed by atoms with van der Waals surface area (Å²) in [5, 5.41) is 0. The third-order valence-electron chi connectivity index (χ3n) is 5.23. The predicted molar refractivity (Wildman–Crippen MR) is 119 cm³/mol. The summed E-state index contributed by atoms with van der Waals surface area (Å²) in [7, 11) is 4.75. The Kier molecular flexibility index (Phi) is 6.35. The molecule has 0 saturated carbocycles. The van der Waals surface area contributed by atoms with Crippen LogP contribution >= 0.6 is 0 Å². The first-order valence-corrected chi connectivity index (χ1v) is 10.1. The second-order valence-electron chi connectivity index (χ2n) is 7.30. The molecule has 1 amide bonds. The lowest BCUT2D eigenvalue weighted by molar-refractivity contribution is 0.0729. The van der Waals surface area contributed by atoms with E-state index in [4.69, 9.17) is 23.7 Å². The largest absolute Gasteiger partial charge is 0.497 e. The van der Waals surface area contributed by atoms with Crippen molar-refractivity contribution in [2.45, 2.75) is 13.1 Å². The summed E-state index contributed by atoms with van der Waals surface area (Å²) < 4.78 is 26.8. The molecule has 1 heterocycles. The van der Waals surface area contributed by atoms with Crippen LogP contribution in [-0.2, 0) is 13.1 Å². The zero-order valence-corrected chi connectivity index (χ0v) is 18.3. The summed E-state index contributed by atoms with van der Waals surface area (Å²) in [4.78, 5) is 15.4. The van der Waals surface area contributed by atoms with Gasteiger partial charge >= 0.3 is 0 Å². The van der Waals surface area contributed by atoms with Crippen molar-refractivity contribution < 1.29 is 28.5 Å². The minimum Gasteiger partial charge on any atom is -0.497 e. The minimum atomic E-state index is -0.143. The molecule has 1 aliphatic heterocycles. The van der Waals surface area contributed by atoms with Gasteiger partial charge in [0.2, 0.25) is 6.79 Å². The number of hydrogen-bond acceptors (Lipinski definition) is 6. The highest BCUT2D eigenvalue weighted by Gasteiger charge is 2.21. The van der Waals surface area contributed by atoms with E-state index in [9.17, 15) is 4.79 Å². The van der Waals surface area contributed by atoms with Crippen molar-refractivity contribution in [2.75, 3.05) is 28.1 Å². The van der Waals surface area contributed by atoms with Crippen molar-refractivity contribution in [1.29, 1.82) is 0 Å². The highest BCUT2D eigenvalue weighted by atomic mass is 16.7. The lowest BCUT2D eigenvalue weighted by Crippen LogP contribution is -2.30. The van der Waals surface area contributed by atoms with Crippen LogP contribution in [0.5, 0.6) is 28.7 Å². The Labute approximate surface area is 187 Å². The van der Waals surface area contributed by atoms with Crippen LogP contribution < -0.4 is 23.7 Å². The van der Waals surface area contributed by atoms with Crippen molar-refractivity contribution in [2.24, 2.45) is 0 Å². The molecule has 0 atom stereocenters. The second-order valence-corrected chi connectivity index (χ2v) is 7.30. The van der Waals surface area contributed by atoms with E-state index in [1.54, 1.807) is 44.4 Å².